The Morgan fingerprint density at radius 3 is 2.20 bits per heavy atom. The van der Waals surface area contributed by atoms with Crippen molar-refractivity contribution < 1.29 is 8.83 Å². The van der Waals surface area contributed by atoms with Gasteiger partial charge in [0.2, 0.25) is 6.26 Å². The van der Waals surface area contributed by atoms with E-state index in [1.165, 1.54) is 0 Å². The van der Waals surface area contributed by atoms with Crippen molar-refractivity contribution in [3.8, 4) is 0 Å². The summed E-state index contributed by atoms with van der Waals surface area (Å²) in [5.41, 5.74) is -0.202. The Kier molecular flexibility index (Phi) is 1.43. The molecule has 3 heteroatoms. The fourth-order valence-electron chi connectivity index (χ4n) is 0.519. The van der Waals surface area contributed by atoms with E-state index in [-0.39, 0.29) is 5.41 Å². The van der Waals surface area contributed by atoms with Crippen LogP contribution in [-0.4, -0.2) is 0 Å². The first-order valence-corrected chi connectivity index (χ1v) is 3.02. The van der Waals surface area contributed by atoms with Gasteiger partial charge >= 0.3 is 5.82 Å². The van der Waals surface area contributed by atoms with Gasteiger partial charge in [0.15, 0.2) is 5.76 Å². The van der Waals surface area contributed by atoms with Gasteiger partial charge in [-0.2, -0.15) is 0 Å². The lowest BCUT2D eigenvalue weighted by atomic mass is 9.94. The van der Waals surface area contributed by atoms with E-state index >= 15 is 0 Å². The van der Waals surface area contributed by atoms with E-state index in [0.717, 1.165) is 0 Å². The topological polar surface area (TPSA) is 43.4 Å². The molecule has 10 heavy (non-hydrogen) atoms. The van der Waals surface area contributed by atoms with Gasteiger partial charge in [-0.15, -0.1) is 0 Å². The average molecular weight is 141 g/mol. The van der Waals surface area contributed by atoms with Crippen LogP contribution in [-0.2, 0) is 5.41 Å². The molecule has 0 bridgehead atoms. The maximum absolute atomic E-state index is 10.4. The minimum Gasteiger partial charge on any atom is -0.395 e. The third kappa shape index (κ3) is 1.29. The molecule has 55 valence electrons. The summed E-state index contributed by atoms with van der Waals surface area (Å²) in [7, 11) is 0. The molecule has 0 aromatic carbocycles. The zero-order valence-corrected chi connectivity index (χ0v) is 6.22. The maximum Gasteiger partial charge on any atom is 0.519 e. The van der Waals surface area contributed by atoms with Gasteiger partial charge < -0.3 is 8.83 Å². The van der Waals surface area contributed by atoms with E-state index in [0.29, 0.717) is 5.76 Å². The molecule has 0 N–H and O–H groups in total. The monoisotopic (exact) mass is 141 g/mol. The van der Waals surface area contributed by atoms with Gasteiger partial charge in [-0.25, -0.2) is 4.79 Å². The Hall–Kier alpha value is -0.990. The summed E-state index contributed by atoms with van der Waals surface area (Å²) in [4.78, 5) is 10.4. The quantitative estimate of drug-likeness (QED) is 0.547. The van der Waals surface area contributed by atoms with Gasteiger partial charge in [0, 0.05) is 5.41 Å². The van der Waals surface area contributed by atoms with Crippen LogP contribution in [0.3, 0.4) is 0 Å². The minimum absolute atomic E-state index is 0.202. The van der Waals surface area contributed by atoms with Crippen molar-refractivity contribution >= 4 is 0 Å². The van der Waals surface area contributed by atoms with Crippen LogP contribution < -0.4 is 5.82 Å². The summed E-state index contributed by atoms with van der Waals surface area (Å²) in [5, 5.41) is 0. The number of rotatable bonds is 0. The molecule has 0 atom stereocenters. The first kappa shape index (κ1) is 7.12. The Labute approximate surface area is 58.7 Å². The fraction of sp³-hybridized carbons (Fsp3) is 0.571. The van der Waals surface area contributed by atoms with Crippen LogP contribution >= 0.6 is 0 Å². The van der Waals surface area contributed by atoms with Crippen molar-refractivity contribution in [2.75, 3.05) is 0 Å². The third-order valence-electron chi connectivity index (χ3n) is 1.09. The Morgan fingerprint density at radius 2 is 2.00 bits per heavy atom. The molecule has 1 radical (unpaired) electrons. The molecule has 1 rings (SSSR count). The molecule has 0 aliphatic heterocycles. The van der Waals surface area contributed by atoms with Crippen LogP contribution in [0.5, 0.6) is 0 Å². The van der Waals surface area contributed by atoms with Crippen LogP contribution in [0.2, 0.25) is 0 Å². The van der Waals surface area contributed by atoms with Gasteiger partial charge in [0.05, 0.1) is 0 Å². The second kappa shape index (κ2) is 2.01. The lowest BCUT2D eigenvalue weighted by Gasteiger charge is -2.10. The molecule has 1 aromatic rings. The molecule has 1 aromatic heterocycles. The largest absolute Gasteiger partial charge is 0.519 e. The van der Waals surface area contributed by atoms with Crippen molar-refractivity contribution in [3.05, 3.63) is 22.6 Å². The Balaban J connectivity index is 3.07. The average Bonchev–Trinajstić information content (AvgIpc) is 2.11. The van der Waals surface area contributed by atoms with Crippen LogP contribution in [0.4, 0.5) is 0 Å². The Bertz CT molecular complexity index is 261. The zero-order valence-electron chi connectivity index (χ0n) is 6.22. The molecule has 0 spiro atoms. The highest BCUT2D eigenvalue weighted by Crippen LogP contribution is 2.19. The number of hydrogen-bond donors (Lipinski definition) is 0. The van der Waals surface area contributed by atoms with Crippen LogP contribution in [0.15, 0.2) is 13.6 Å². The summed E-state index contributed by atoms with van der Waals surface area (Å²) in [6.45, 7) is 5.74. The van der Waals surface area contributed by atoms with E-state index in [2.05, 4.69) is 15.1 Å². The normalized spacial score (nSPS) is 11.9. The van der Waals surface area contributed by atoms with Gasteiger partial charge in [0.25, 0.3) is 0 Å². The predicted molar refractivity (Wildman–Crippen MR) is 34.8 cm³/mol. The smallest absolute Gasteiger partial charge is 0.395 e. The highest BCUT2D eigenvalue weighted by molar-refractivity contribution is 4.99. The highest BCUT2D eigenvalue weighted by atomic mass is 16.6. The second-order valence-electron chi connectivity index (χ2n) is 3.14. The van der Waals surface area contributed by atoms with Crippen molar-refractivity contribution in [2.45, 2.75) is 26.2 Å². The molecule has 3 nitrogen and oxygen atoms in total. The van der Waals surface area contributed by atoms with E-state index in [9.17, 15) is 4.79 Å². The van der Waals surface area contributed by atoms with Crippen molar-refractivity contribution in [3.63, 3.8) is 0 Å². The van der Waals surface area contributed by atoms with Gasteiger partial charge in [-0.3, -0.25) is 0 Å². The number of hydrogen-bond acceptors (Lipinski definition) is 3. The Morgan fingerprint density at radius 1 is 1.40 bits per heavy atom. The second-order valence-corrected chi connectivity index (χ2v) is 3.14. The lowest BCUT2D eigenvalue weighted by molar-refractivity contribution is 0.345. The summed E-state index contributed by atoms with van der Waals surface area (Å²) in [6.07, 6.45) is 2.39. The maximum atomic E-state index is 10.4. The summed E-state index contributed by atoms with van der Waals surface area (Å²) in [6, 6.07) is 0. The molecule has 0 amide bonds. The van der Waals surface area contributed by atoms with E-state index < -0.39 is 5.82 Å². The predicted octanol–water partition coefficient (Wildman–Crippen LogP) is 1.33. The van der Waals surface area contributed by atoms with Crippen LogP contribution in [0.25, 0.3) is 0 Å². The molecule has 0 fully saturated rings. The fourth-order valence-corrected chi connectivity index (χ4v) is 0.519. The standard InChI is InChI=1S/C7H9O3/c1-7(2,3)5-4-9-6(8)10-5/h1-3H3. The van der Waals surface area contributed by atoms with Gasteiger partial charge in [0.1, 0.15) is 0 Å². The van der Waals surface area contributed by atoms with Crippen molar-refractivity contribution in [2.24, 2.45) is 0 Å². The first-order valence-electron chi connectivity index (χ1n) is 3.02. The van der Waals surface area contributed by atoms with Crippen molar-refractivity contribution in [1.29, 1.82) is 0 Å². The molecule has 0 unspecified atom stereocenters. The molecule has 0 saturated heterocycles. The zero-order chi connectivity index (χ0) is 7.78. The molecular formula is C7H9O3. The van der Waals surface area contributed by atoms with Crippen molar-refractivity contribution in [1.82, 2.24) is 0 Å². The summed E-state index contributed by atoms with van der Waals surface area (Å²) < 4.78 is 9.01. The molecule has 0 aliphatic rings. The van der Waals surface area contributed by atoms with Crippen LogP contribution in [0.1, 0.15) is 26.5 Å². The third-order valence-corrected chi connectivity index (χ3v) is 1.09. The lowest BCUT2D eigenvalue weighted by Crippen LogP contribution is -2.09. The molecule has 1 heterocycles. The molecular weight excluding hydrogens is 132 g/mol. The molecule has 0 aliphatic carbocycles. The highest BCUT2D eigenvalue weighted by Gasteiger charge is 2.19. The van der Waals surface area contributed by atoms with E-state index in [1.807, 2.05) is 20.8 Å². The SMILES string of the molecule is CC(C)(C)c1[c]oc(=O)o1. The van der Waals surface area contributed by atoms with E-state index in [4.69, 9.17) is 0 Å². The van der Waals surface area contributed by atoms with E-state index in [1.54, 1.807) is 0 Å². The minimum atomic E-state index is -0.690. The summed E-state index contributed by atoms with van der Waals surface area (Å²) >= 11 is 0. The van der Waals surface area contributed by atoms with Gasteiger partial charge in [-0.1, -0.05) is 20.8 Å². The first-order chi connectivity index (χ1) is 4.50. The molecule has 0 saturated carbocycles. The summed E-state index contributed by atoms with van der Waals surface area (Å²) in [5.74, 6) is -0.234. The van der Waals surface area contributed by atoms with Gasteiger partial charge in [-0.05, 0) is 0 Å². The van der Waals surface area contributed by atoms with Crippen LogP contribution in [0, 0.1) is 6.26 Å².